The molecule has 0 saturated carbocycles. The minimum absolute atomic E-state index is 0.0558. The van der Waals surface area contributed by atoms with E-state index in [9.17, 15) is 9.59 Å². The van der Waals surface area contributed by atoms with E-state index in [1.165, 1.54) is 10.7 Å². The Kier molecular flexibility index (Phi) is 6.11. The number of hydrogen-bond donors (Lipinski definition) is 1. The number of carbonyl (C=O) groups is 1. The molecule has 3 rings (SSSR count). The number of piperidine rings is 1. The summed E-state index contributed by atoms with van der Waals surface area (Å²) in [5.41, 5.74) is 0.509. The third-order valence-electron chi connectivity index (χ3n) is 4.84. The molecular formula is C20H26N4O3. The largest absolute Gasteiger partial charge is 0.497 e. The predicted molar refractivity (Wildman–Crippen MR) is 105 cm³/mol. The van der Waals surface area contributed by atoms with Crippen LogP contribution in [0.25, 0.3) is 5.69 Å². The average Bonchev–Trinajstić information content (AvgIpc) is 2.72. The van der Waals surface area contributed by atoms with Gasteiger partial charge in [0.15, 0.2) is 0 Å². The standard InChI is InChI=1S/C20H26N4O3/c1-3-12-21-20(26)15-10-13-23(14-11-15)18-8-9-19(25)24(22-18)16-4-6-17(27-2)7-5-16/h4-9,15H,3,10-14H2,1-2H3,(H,21,26). The van der Waals surface area contributed by atoms with Crippen LogP contribution < -0.4 is 20.5 Å². The molecule has 27 heavy (non-hydrogen) atoms. The van der Waals surface area contributed by atoms with Crippen LogP contribution in [0.15, 0.2) is 41.2 Å². The third-order valence-corrected chi connectivity index (χ3v) is 4.84. The van der Waals surface area contributed by atoms with Crippen LogP contribution in [0.3, 0.4) is 0 Å². The number of ether oxygens (including phenoxy) is 1. The zero-order valence-electron chi connectivity index (χ0n) is 15.9. The van der Waals surface area contributed by atoms with Gasteiger partial charge < -0.3 is 15.0 Å². The molecule has 0 atom stereocenters. The van der Waals surface area contributed by atoms with Crippen molar-refractivity contribution in [2.45, 2.75) is 26.2 Å². The maximum absolute atomic E-state index is 12.2. The van der Waals surface area contributed by atoms with Crippen LogP contribution in [0.2, 0.25) is 0 Å². The van der Waals surface area contributed by atoms with Gasteiger partial charge in [0.05, 0.1) is 12.8 Å². The van der Waals surface area contributed by atoms with E-state index in [1.54, 1.807) is 37.4 Å². The second kappa shape index (κ2) is 8.70. The molecule has 1 aliphatic heterocycles. The zero-order valence-corrected chi connectivity index (χ0v) is 15.9. The van der Waals surface area contributed by atoms with Gasteiger partial charge in [0, 0.05) is 31.6 Å². The molecule has 0 spiro atoms. The molecular weight excluding hydrogens is 344 g/mol. The van der Waals surface area contributed by atoms with E-state index < -0.39 is 0 Å². The number of nitrogens with one attached hydrogen (secondary N) is 1. The monoisotopic (exact) mass is 370 g/mol. The van der Waals surface area contributed by atoms with Gasteiger partial charge in [0.25, 0.3) is 5.56 Å². The summed E-state index contributed by atoms with van der Waals surface area (Å²) in [5, 5.41) is 7.51. The summed E-state index contributed by atoms with van der Waals surface area (Å²) in [6.45, 7) is 4.27. The van der Waals surface area contributed by atoms with E-state index in [0.717, 1.165) is 50.5 Å². The van der Waals surface area contributed by atoms with Crippen molar-refractivity contribution in [3.63, 3.8) is 0 Å². The van der Waals surface area contributed by atoms with Gasteiger partial charge in [-0.2, -0.15) is 4.68 Å². The molecule has 0 bridgehead atoms. The highest BCUT2D eigenvalue weighted by Crippen LogP contribution is 2.22. The number of rotatable bonds is 6. The Balaban J connectivity index is 1.71. The van der Waals surface area contributed by atoms with Crippen molar-refractivity contribution in [3.8, 4) is 11.4 Å². The van der Waals surface area contributed by atoms with Crippen LogP contribution in [0.5, 0.6) is 5.75 Å². The van der Waals surface area contributed by atoms with Crippen LogP contribution in [0.1, 0.15) is 26.2 Å². The molecule has 1 aromatic heterocycles. The van der Waals surface area contributed by atoms with Gasteiger partial charge in [-0.05, 0) is 49.6 Å². The number of anilines is 1. The smallest absolute Gasteiger partial charge is 0.271 e. The predicted octanol–water partition coefficient (Wildman–Crippen LogP) is 1.98. The number of aromatic nitrogens is 2. The first-order chi connectivity index (χ1) is 13.1. The molecule has 0 aliphatic carbocycles. The first-order valence-electron chi connectivity index (χ1n) is 9.40. The summed E-state index contributed by atoms with van der Waals surface area (Å²) in [7, 11) is 1.60. The Labute approximate surface area is 158 Å². The molecule has 2 aromatic rings. The fourth-order valence-electron chi connectivity index (χ4n) is 3.24. The molecule has 0 unspecified atom stereocenters. The lowest BCUT2D eigenvalue weighted by molar-refractivity contribution is -0.125. The van der Waals surface area contributed by atoms with E-state index in [4.69, 9.17) is 4.74 Å². The van der Waals surface area contributed by atoms with E-state index in [1.807, 2.05) is 6.92 Å². The molecule has 2 heterocycles. The van der Waals surface area contributed by atoms with Gasteiger partial charge in [-0.15, -0.1) is 5.10 Å². The number of hydrogen-bond acceptors (Lipinski definition) is 5. The highest BCUT2D eigenvalue weighted by molar-refractivity contribution is 5.78. The molecule has 7 nitrogen and oxygen atoms in total. The average molecular weight is 370 g/mol. The minimum Gasteiger partial charge on any atom is -0.497 e. The van der Waals surface area contributed by atoms with E-state index in [2.05, 4.69) is 15.3 Å². The van der Waals surface area contributed by atoms with E-state index in [-0.39, 0.29) is 17.4 Å². The van der Waals surface area contributed by atoms with Crippen molar-refractivity contribution in [1.82, 2.24) is 15.1 Å². The lowest BCUT2D eigenvalue weighted by Gasteiger charge is -2.32. The summed E-state index contributed by atoms with van der Waals surface area (Å²) in [6, 6.07) is 10.5. The molecule has 0 radical (unpaired) electrons. The SMILES string of the molecule is CCCNC(=O)C1CCN(c2ccc(=O)n(-c3ccc(OC)cc3)n2)CC1. The van der Waals surface area contributed by atoms with Gasteiger partial charge in [0.1, 0.15) is 11.6 Å². The molecule has 1 N–H and O–H groups in total. The Bertz CT molecular complexity index is 824. The van der Waals surface area contributed by atoms with Gasteiger partial charge in [-0.25, -0.2) is 0 Å². The molecule has 1 aliphatic rings. The summed E-state index contributed by atoms with van der Waals surface area (Å²) in [6.07, 6.45) is 2.53. The zero-order chi connectivity index (χ0) is 19.2. The molecule has 1 amide bonds. The lowest BCUT2D eigenvalue weighted by Crippen LogP contribution is -2.41. The van der Waals surface area contributed by atoms with Crippen molar-refractivity contribution in [3.05, 3.63) is 46.8 Å². The number of carbonyl (C=O) groups excluding carboxylic acids is 1. The van der Waals surface area contributed by atoms with Crippen molar-refractivity contribution in [1.29, 1.82) is 0 Å². The number of nitrogens with zero attached hydrogens (tertiary/aromatic N) is 3. The molecule has 1 fully saturated rings. The number of benzene rings is 1. The van der Waals surface area contributed by atoms with Crippen LogP contribution in [0.4, 0.5) is 5.82 Å². The van der Waals surface area contributed by atoms with Gasteiger partial charge in [-0.3, -0.25) is 9.59 Å². The van der Waals surface area contributed by atoms with Crippen molar-refractivity contribution < 1.29 is 9.53 Å². The maximum atomic E-state index is 12.2. The van der Waals surface area contributed by atoms with Crippen LogP contribution >= 0.6 is 0 Å². The van der Waals surface area contributed by atoms with Gasteiger partial charge >= 0.3 is 0 Å². The van der Waals surface area contributed by atoms with Crippen molar-refractivity contribution in [2.24, 2.45) is 5.92 Å². The highest BCUT2D eigenvalue weighted by atomic mass is 16.5. The molecule has 1 saturated heterocycles. The maximum Gasteiger partial charge on any atom is 0.271 e. The second-order valence-electron chi connectivity index (χ2n) is 6.69. The highest BCUT2D eigenvalue weighted by Gasteiger charge is 2.25. The summed E-state index contributed by atoms with van der Waals surface area (Å²) >= 11 is 0. The van der Waals surface area contributed by atoms with Crippen LogP contribution in [-0.2, 0) is 4.79 Å². The number of amides is 1. The van der Waals surface area contributed by atoms with Crippen molar-refractivity contribution in [2.75, 3.05) is 31.6 Å². The quantitative estimate of drug-likeness (QED) is 0.841. The van der Waals surface area contributed by atoms with Crippen LogP contribution in [-0.4, -0.2) is 42.4 Å². The first-order valence-corrected chi connectivity index (χ1v) is 9.40. The topological polar surface area (TPSA) is 76.5 Å². The van der Waals surface area contributed by atoms with Crippen LogP contribution in [0, 0.1) is 5.92 Å². The summed E-state index contributed by atoms with van der Waals surface area (Å²) in [5.74, 6) is 1.68. The van der Waals surface area contributed by atoms with E-state index >= 15 is 0 Å². The normalized spacial score (nSPS) is 14.8. The first kappa shape index (κ1) is 18.9. The molecule has 7 heteroatoms. The fourth-order valence-corrected chi connectivity index (χ4v) is 3.24. The van der Waals surface area contributed by atoms with Gasteiger partial charge in [0.2, 0.25) is 5.91 Å². The summed E-state index contributed by atoms with van der Waals surface area (Å²) < 4.78 is 6.56. The number of methoxy groups -OCH3 is 1. The Morgan fingerprint density at radius 2 is 1.89 bits per heavy atom. The Hall–Kier alpha value is -2.83. The lowest BCUT2D eigenvalue weighted by atomic mass is 9.96. The Morgan fingerprint density at radius 1 is 1.19 bits per heavy atom. The van der Waals surface area contributed by atoms with Crippen molar-refractivity contribution >= 4 is 11.7 Å². The van der Waals surface area contributed by atoms with E-state index in [0.29, 0.717) is 5.69 Å². The van der Waals surface area contributed by atoms with Gasteiger partial charge in [-0.1, -0.05) is 6.92 Å². The summed E-state index contributed by atoms with van der Waals surface area (Å²) in [4.78, 5) is 26.5. The molecule has 1 aromatic carbocycles. The Morgan fingerprint density at radius 3 is 2.52 bits per heavy atom. The molecule has 144 valence electrons. The fraction of sp³-hybridized carbons (Fsp3) is 0.450. The second-order valence-corrected chi connectivity index (χ2v) is 6.69. The third kappa shape index (κ3) is 4.48. The minimum atomic E-state index is -0.183.